The lowest BCUT2D eigenvalue weighted by molar-refractivity contribution is -0.137. The van der Waals surface area contributed by atoms with E-state index in [4.69, 9.17) is 5.11 Å². The Hall–Kier alpha value is -2.02. The number of amides is 2. The highest BCUT2D eigenvalue weighted by molar-refractivity contribution is 6.00. The average molecular weight is 312 g/mol. The van der Waals surface area contributed by atoms with Gasteiger partial charge in [0, 0.05) is 26.1 Å². The lowest BCUT2D eigenvalue weighted by atomic mass is 10.1. The molecule has 2 unspecified atom stereocenters. The Morgan fingerprint density at radius 2 is 2.18 bits per heavy atom. The number of benzene rings is 1. The summed E-state index contributed by atoms with van der Waals surface area (Å²) in [6, 6.07) is 2.60. The quantitative estimate of drug-likeness (QED) is 0.907. The molecule has 1 aromatic carbocycles. The largest absolute Gasteiger partial charge is 0.394 e. The summed E-state index contributed by atoms with van der Waals surface area (Å²) in [4.78, 5) is 26.9. The number of aliphatic hydroxyl groups is 1. The first-order valence-corrected chi connectivity index (χ1v) is 6.98. The third kappa shape index (κ3) is 3.09. The highest BCUT2D eigenvalue weighted by Crippen LogP contribution is 2.28. The van der Waals surface area contributed by atoms with Crippen molar-refractivity contribution in [2.45, 2.75) is 19.4 Å². The third-order valence-corrected chi connectivity index (χ3v) is 3.95. The molecule has 0 radical (unpaired) electrons. The molecule has 1 saturated heterocycles. The number of aliphatic hydroxyl groups excluding tert-OH is 1. The molecule has 120 valence electrons. The molecular formula is C15H18F2N2O3. The summed E-state index contributed by atoms with van der Waals surface area (Å²) in [7, 11) is 1.55. The fourth-order valence-electron chi connectivity index (χ4n) is 2.43. The van der Waals surface area contributed by atoms with E-state index in [1.165, 1.54) is 11.0 Å². The van der Waals surface area contributed by atoms with Crippen molar-refractivity contribution < 1.29 is 23.5 Å². The van der Waals surface area contributed by atoms with Crippen molar-refractivity contribution in [3.63, 3.8) is 0 Å². The first-order valence-electron chi connectivity index (χ1n) is 6.98. The predicted octanol–water partition coefficient (Wildman–Crippen LogP) is 1.16. The fraction of sp³-hybridized carbons (Fsp3) is 0.467. The number of likely N-dealkylation sites (N-methyl/N-ethyl adjacent to an activating group) is 1. The second-order valence-electron chi connectivity index (χ2n) is 5.48. The van der Waals surface area contributed by atoms with Gasteiger partial charge in [0.1, 0.15) is 11.6 Å². The number of hydrogen-bond donors (Lipinski definition) is 1. The van der Waals surface area contributed by atoms with Gasteiger partial charge >= 0.3 is 0 Å². The molecule has 1 heterocycles. The van der Waals surface area contributed by atoms with Crippen LogP contribution >= 0.6 is 0 Å². The van der Waals surface area contributed by atoms with Gasteiger partial charge in [-0.2, -0.15) is 0 Å². The maximum atomic E-state index is 13.8. The first-order chi connectivity index (χ1) is 10.3. The van der Waals surface area contributed by atoms with Crippen LogP contribution in [0.2, 0.25) is 0 Å². The molecule has 0 aromatic heterocycles. The number of hydrogen-bond acceptors (Lipinski definition) is 3. The zero-order valence-electron chi connectivity index (χ0n) is 12.4. The SMILES string of the molecule is CC(CO)N(C)C(=O)C1CC(=O)N(c2ccc(F)cc2F)C1. The van der Waals surface area contributed by atoms with Crippen LogP contribution in [-0.4, -0.2) is 48.1 Å². The number of nitrogens with zero attached hydrogens (tertiary/aromatic N) is 2. The van der Waals surface area contributed by atoms with Crippen molar-refractivity contribution in [2.75, 3.05) is 25.1 Å². The van der Waals surface area contributed by atoms with E-state index in [1.807, 2.05) is 0 Å². The molecule has 0 bridgehead atoms. The Morgan fingerprint density at radius 1 is 1.50 bits per heavy atom. The van der Waals surface area contributed by atoms with Crippen molar-refractivity contribution in [1.29, 1.82) is 0 Å². The van der Waals surface area contributed by atoms with E-state index >= 15 is 0 Å². The normalized spacial score (nSPS) is 19.4. The second kappa shape index (κ2) is 6.39. The van der Waals surface area contributed by atoms with Crippen LogP contribution < -0.4 is 4.90 Å². The molecule has 1 aliphatic rings. The highest BCUT2D eigenvalue weighted by Gasteiger charge is 2.38. The number of carbonyl (C=O) groups excluding carboxylic acids is 2. The van der Waals surface area contributed by atoms with Gasteiger partial charge in [0.25, 0.3) is 0 Å². The van der Waals surface area contributed by atoms with Crippen molar-refractivity contribution in [2.24, 2.45) is 5.92 Å². The van der Waals surface area contributed by atoms with E-state index in [2.05, 4.69) is 0 Å². The monoisotopic (exact) mass is 312 g/mol. The first kappa shape index (κ1) is 16.4. The molecule has 2 amide bonds. The summed E-state index contributed by atoms with van der Waals surface area (Å²) in [6.07, 6.45) is -0.0296. The second-order valence-corrected chi connectivity index (χ2v) is 5.48. The van der Waals surface area contributed by atoms with E-state index in [0.717, 1.165) is 11.0 Å². The molecule has 1 fully saturated rings. The molecule has 2 rings (SSSR count). The van der Waals surface area contributed by atoms with Crippen LogP contribution in [0, 0.1) is 17.6 Å². The summed E-state index contributed by atoms with van der Waals surface area (Å²) < 4.78 is 26.7. The van der Waals surface area contributed by atoms with Crippen LogP contribution in [0.3, 0.4) is 0 Å². The zero-order valence-corrected chi connectivity index (χ0v) is 12.4. The Balaban J connectivity index is 2.15. The molecule has 0 spiro atoms. The summed E-state index contributed by atoms with van der Waals surface area (Å²) in [5.74, 6) is -2.82. The molecule has 5 nitrogen and oxygen atoms in total. The molecule has 1 N–H and O–H groups in total. The van der Waals surface area contributed by atoms with Gasteiger partial charge in [0.2, 0.25) is 11.8 Å². The van der Waals surface area contributed by atoms with Gasteiger partial charge in [-0.15, -0.1) is 0 Å². The highest BCUT2D eigenvalue weighted by atomic mass is 19.1. The van der Waals surface area contributed by atoms with Crippen LogP contribution in [0.4, 0.5) is 14.5 Å². The molecule has 0 aliphatic carbocycles. The molecule has 22 heavy (non-hydrogen) atoms. The van der Waals surface area contributed by atoms with E-state index in [-0.39, 0.29) is 43.1 Å². The summed E-state index contributed by atoms with van der Waals surface area (Å²) in [5, 5.41) is 9.08. The van der Waals surface area contributed by atoms with E-state index in [1.54, 1.807) is 14.0 Å². The van der Waals surface area contributed by atoms with Crippen LogP contribution in [0.1, 0.15) is 13.3 Å². The topological polar surface area (TPSA) is 60.9 Å². The van der Waals surface area contributed by atoms with E-state index in [0.29, 0.717) is 6.07 Å². The predicted molar refractivity (Wildman–Crippen MR) is 76.1 cm³/mol. The van der Waals surface area contributed by atoms with Gasteiger partial charge in [-0.1, -0.05) is 0 Å². The molecule has 1 aliphatic heterocycles. The summed E-state index contributed by atoms with van der Waals surface area (Å²) >= 11 is 0. The van der Waals surface area contributed by atoms with Crippen molar-refractivity contribution >= 4 is 17.5 Å². The van der Waals surface area contributed by atoms with Crippen molar-refractivity contribution in [3.05, 3.63) is 29.8 Å². The molecule has 0 saturated carbocycles. The molecule has 2 atom stereocenters. The van der Waals surface area contributed by atoms with E-state index in [9.17, 15) is 18.4 Å². The van der Waals surface area contributed by atoms with Gasteiger partial charge in [0.15, 0.2) is 0 Å². The summed E-state index contributed by atoms with van der Waals surface area (Å²) in [6.45, 7) is 1.55. The molecular weight excluding hydrogens is 294 g/mol. The Bertz CT molecular complexity index is 594. The minimum atomic E-state index is -0.835. The maximum absolute atomic E-state index is 13.8. The number of carbonyl (C=O) groups is 2. The number of anilines is 1. The van der Waals surface area contributed by atoms with Gasteiger partial charge in [-0.25, -0.2) is 8.78 Å². The Kier molecular flexibility index (Phi) is 4.75. The lowest BCUT2D eigenvalue weighted by Crippen LogP contribution is -2.41. The number of halogens is 2. The fourth-order valence-corrected chi connectivity index (χ4v) is 2.43. The van der Waals surface area contributed by atoms with E-state index < -0.39 is 17.6 Å². The maximum Gasteiger partial charge on any atom is 0.228 e. The van der Waals surface area contributed by atoms with Gasteiger partial charge in [-0.3, -0.25) is 9.59 Å². The zero-order chi connectivity index (χ0) is 16.4. The molecule has 7 heteroatoms. The van der Waals surface area contributed by atoms with Crippen LogP contribution in [0.25, 0.3) is 0 Å². The lowest BCUT2D eigenvalue weighted by Gasteiger charge is -2.26. The minimum absolute atomic E-state index is 0.0282. The minimum Gasteiger partial charge on any atom is -0.394 e. The van der Waals surface area contributed by atoms with Crippen LogP contribution in [0.15, 0.2) is 18.2 Å². The van der Waals surface area contributed by atoms with Crippen molar-refractivity contribution in [1.82, 2.24) is 4.90 Å². The average Bonchev–Trinajstić information content (AvgIpc) is 2.86. The van der Waals surface area contributed by atoms with Crippen LogP contribution in [-0.2, 0) is 9.59 Å². The van der Waals surface area contributed by atoms with Gasteiger partial charge in [-0.05, 0) is 19.1 Å². The summed E-state index contributed by atoms with van der Waals surface area (Å²) in [5.41, 5.74) is -0.0282. The van der Waals surface area contributed by atoms with Crippen LogP contribution in [0.5, 0.6) is 0 Å². The Labute approximate surface area is 127 Å². The number of rotatable bonds is 4. The standard InChI is InChI=1S/C15H18F2N2O3/c1-9(8-20)18(2)15(22)10-5-14(21)19(7-10)13-4-3-11(16)6-12(13)17/h3-4,6,9-10,20H,5,7-8H2,1-2H3. The Morgan fingerprint density at radius 3 is 2.77 bits per heavy atom. The van der Waals surface area contributed by atoms with Gasteiger partial charge in [0.05, 0.1) is 24.3 Å². The third-order valence-electron chi connectivity index (χ3n) is 3.95. The van der Waals surface area contributed by atoms with Crippen molar-refractivity contribution in [3.8, 4) is 0 Å². The smallest absolute Gasteiger partial charge is 0.228 e. The molecule has 1 aromatic rings. The van der Waals surface area contributed by atoms with Gasteiger partial charge < -0.3 is 14.9 Å².